The maximum Gasteiger partial charge on any atom is 0.147 e. The maximum atomic E-state index is 14.2. The molecule has 0 aliphatic heterocycles. The molecule has 0 atom stereocenters. The number of hydrogen-bond acceptors (Lipinski definition) is 3. The van der Waals surface area contributed by atoms with Crippen LogP contribution in [0.4, 0.5) is 10.1 Å². The molecule has 0 unspecified atom stereocenters. The van der Waals surface area contributed by atoms with Crippen molar-refractivity contribution in [3.63, 3.8) is 0 Å². The van der Waals surface area contributed by atoms with Gasteiger partial charge in [-0.25, -0.2) is 9.37 Å². The molecule has 0 aliphatic rings. The quantitative estimate of drug-likeness (QED) is 0.809. The van der Waals surface area contributed by atoms with E-state index >= 15 is 0 Å². The highest BCUT2D eigenvalue weighted by Crippen LogP contribution is 2.34. The first kappa shape index (κ1) is 14.3. The number of aryl methyl sites for hydroxylation is 1. The topological polar surface area (TPSA) is 16.1 Å². The monoisotopic (exact) mass is 298 g/mol. The molecule has 5 heteroatoms. The van der Waals surface area contributed by atoms with Crippen LogP contribution >= 0.6 is 22.9 Å². The number of nitrogens with zero attached hydrogens (tertiary/aromatic N) is 2. The Kier molecular flexibility index (Phi) is 4.42. The van der Waals surface area contributed by atoms with Gasteiger partial charge in [0.1, 0.15) is 5.82 Å². The van der Waals surface area contributed by atoms with Gasteiger partial charge in [0, 0.05) is 24.0 Å². The first-order valence-corrected chi connectivity index (χ1v) is 7.49. The molecular weight excluding hydrogens is 283 g/mol. The van der Waals surface area contributed by atoms with Gasteiger partial charge in [-0.05, 0) is 32.9 Å². The Morgan fingerprint density at radius 1 is 1.32 bits per heavy atom. The number of aromatic nitrogens is 1. The van der Waals surface area contributed by atoms with Crippen LogP contribution in [0.5, 0.6) is 0 Å². The van der Waals surface area contributed by atoms with Crippen molar-refractivity contribution in [1.29, 1.82) is 0 Å². The lowest BCUT2D eigenvalue weighted by Gasteiger charge is -2.22. The van der Waals surface area contributed by atoms with Crippen LogP contribution in [0, 0.1) is 12.7 Å². The molecule has 0 fully saturated rings. The Morgan fingerprint density at radius 3 is 2.53 bits per heavy atom. The zero-order valence-corrected chi connectivity index (χ0v) is 12.8. The Labute approximate surface area is 121 Å². The van der Waals surface area contributed by atoms with Gasteiger partial charge in [-0.3, -0.25) is 0 Å². The van der Waals surface area contributed by atoms with Crippen molar-refractivity contribution in [2.75, 3.05) is 18.0 Å². The summed E-state index contributed by atoms with van der Waals surface area (Å²) in [5.41, 5.74) is 1.93. The minimum atomic E-state index is -0.256. The van der Waals surface area contributed by atoms with Crippen LogP contribution in [0.1, 0.15) is 18.9 Å². The van der Waals surface area contributed by atoms with Crippen LogP contribution in [0.25, 0.3) is 11.3 Å². The van der Waals surface area contributed by atoms with E-state index in [-0.39, 0.29) is 5.82 Å². The van der Waals surface area contributed by atoms with Gasteiger partial charge in [0.15, 0.2) is 0 Å². The molecule has 1 aromatic carbocycles. The van der Waals surface area contributed by atoms with Crippen molar-refractivity contribution in [3.05, 3.63) is 33.4 Å². The highest BCUT2D eigenvalue weighted by molar-refractivity contribution is 7.09. The van der Waals surface area contributed by atoms with Crippen LogP contribution in [0.15, 0.2) is 17.5 Å². The molecule has 102 valence electrons. The minimum Gasteiger partial charge on any atom is -0.370 e. The van der Waals surface area contributed by atoms with E-state index in [4.69, 9.17) is 11.6 Å². The van der Waals surface area contributed by atoms with Crippen molar-refractivity contribution in [3.8, 4) is 11.3 Å². The number of thiazole rings is 1. The molecule has 2 aromatic rings. The second kappa shape index (κ2) is 5.88. The van der Waals surface area contributed by atoms with Gasteiger partial charge in [-0.2, -0.15) is 0 Å². The fraction of sp³-hybridized carbons (Fsp3) is 0.357. The summed E-state index contributed by atoms with van der Waals surface area (Å²) in [5.74, 6) is -0.256. The summed E-state index contributed by atoms with van der Waals surface area (Å²) in [6.07, 6.45) is 0. The third-order valence-electron chi connectivity index (χ3n) is 3.04. The van der Waals surface area contributed by atoms with E-state index in [0.717, 1.165) is 23.8 Å². The fourth-order valence-corrected chi connectivity index (χ4v) is 2.89. The van der Waals surface area contributed by atoms with Crippen LogP contribution < -0.4 is 4.90 Å². The Balaban J connectivity index is 2.47. The SMILES string of the molecule is CCN(CC)c1cc(Cl)c(-c2csc(C)n2)cc1F. The zero-order valence-electron chi connectivity index (χ0n) is 11.2. The lowest BCUT2D eigenvalue weighted by molar-refractivity contribution is 0.620. The predicted octanol–water partition coefficient (Wildman–Crippen LogP) is 4.76. The molecule has 2 rings (SSSR count). The minimum absolute atomic E-state index is 0.256. The van der Waals surface area contributed by atoms with Crippen LogP contribution in [-0.4, -0.2) is 18.1 Å². The molecule has 0 spiro atoms. The van der Waals surface area contributed by atoms with Crippen LogP contribution in [0.3, 0.4) is 0 Å². The van der Waals surface area contributed by atoms with E-state index in [1.807, 2.05) is 31.1 Å². The van der Waals surface area contributed by atoms with E-state index < -0.39 is 0 Å². The van der Waals surface area contributed by atoms with Crippen molar-refractivity contribution in [2.45, 2.75) is 20.8 Å². The first-order valence-electron chi connectivity index (χ1n) is 6.23. The number of benzene rings is 1. The molecule has 0 saturated carbocycles. The molecule has 0 saturated heterocycles. The fourth-order valence-electron chi connectivity index (χ4n) is 2.03. The predicted molar refractivity (Wildman–Crippen MR) is 80.8 cm³/mol. The standard InChI is InChI=1S/C14H16ClFN2S/c1-4-18(5-2)14-7-11(15)10(6-12(14)16)13-8-19-9(3)17-13/h6-8H,4-5H2,1-3H3. The van der Waals surface area contributed by atoms with Crippen LogP contribution in [-0.2, 0) is 0 Å². The van der Waals surface area contributed by atoms with Gasteiger partial charge in [-0.15, -0.1) is 11.3 Å². The lowest BCUT2D eigenvalue weighted by Crippen LogP contribution is -2.23. The Morgan fingerprint density at radius 2 is 2.00 bits per heavy atom. The van der Waals surface area contributed by atoms with Crippen molar-refractivity contribution >= 4 is 28.6 Å². The molecule has 2 nitrogen and oxygen atoms in total. The van der Waals surface area contributed by atoms with Gasteiger partial charge in [0.2, 0.25) is 0 Å². The molecule has 1 heterocycles. The van der Waals surface area contributed by atoms with E-state index in [9.17, 15) is 4.39 Å². The first-order chi connectivity index (χ1) is 9.06. The molecule has 19 heavy (non-hydrogen) atoms. The Hall–Kier alpha value is -1.13. The Bertz CT molecular complexity index is 579. The van der Waals surface area contributed by atoms with Gasteiger partial charge >= 0.3 is 0 Å². The van der Waals surface area contributed by atoms with E-state index in [1.165, 1.54) is 17.4 Å². The summed E-state index contributed by atoms with van der Waals surface area (Å²) in [6, 6.07) is 3.17. The molecular formula is C14H16ClFN2S. The molecule has 0 amide bonds. The molecule has 0 radical (unpaired) electrons. The largest absolute Gasteiger partial charge is 0.370 e. The van der Waals surface area contributed by atoms with Gasteiger partial charge in [0.25, 0.3) is 0 Å². The highest BCUT2D eigenvalue weighted by Gasteiger charge is 2.15. The maximum absolute atomic E-state index is 14.2. The average molecular weight is 299 g/mol. The summed E-state index contributed by atoms with van der Waals surface area (Å²) in [7, 11) is 0. The molecule has 0 aliphatic carbocycles. The average Bonchev–Trinajstić information content (AvgIpc) is 2.81. The summed E-state index contributed by atoms with van der Waals surface area (Å²) < 4.78 is 14.2. The summed E-state index contributed by atoms with van der Waals surface area (Å²) in [6.45, 7) is 7.41. The molecule has 1 aromatic heterocycles. The van der Waals surface area contributed by atoms with Gasteiger partial charge in [-0.1, -0.05) is 11.6 Å². The van der Waals surface area contributed by atoms with Gasteiger partial charge < -0.3 is 4.90 Å². The zero-order chi connectivity index (χ0) is 14.0. The summed E-state index contributed by atoms with van der Waals surface area (Å²) >= 11 is 7.81. The second-order valence-electron chi connectivity index (χ2n) is 4.21. The second-order valence-corrected chi connectivity index (χ2v) is 5.68. The van der Waals surface area contributed by atoms with Crippen LogP contribution in [0.2, 0.25) is 5.02 Å². The van der Waals surface area contributed by atoms with E-state index in [0.29, 0.717) is 16.3 Å². The van der Waals surface area contributed by atoms with Crippen molar-refractivity contribution in [1.82, 2.24) is 4.98 Å². The molecule has 0 bridgehead atoms. The lowest BCUT2D eigenvalue weighted by atomic mass is 10.1. The highest BCUT2D eigenvalue weighted by atomic mass is 35.5. The van der Waals surface area contributed by atoms with E-state index in [1.54, 1.807) is 6.07 Å². The van der Waals surface area contributed by atoms with Gasteiger partial charge in [0.05, 0.1) is 21.4 Å². The number of hydrogen-bond donors (Lipinski definition) is 0. The third-order valence-corrected chi connectivity index (χ3v) is 4.12. The smallest absolute Gasteiger partial charge is 0.147 e. The van der Waals surface area contributed by atoms with Crippen molar-refractivity contribution < 1.29 is 4.39 Å². The molecule has 0 N–H and O–H groups in total. The summed E-state index contributed by atoms with van der Waals surface area (Å²) in [4.78, 5) is 6.29. The number of halogens is 2. The van der Waals surface area contributed by atoms with Crippen molar-refractivity contribution in [2.24, 2.45) is 0 Å². The number of rotatable bonds is 4. The van der Waals surface area contributed by atoms with E-state index in [2.05, 4.69) is 4.98 Å². The summed E-state index contributed by atoms with van der Waals surface area (Å²) in [5, 5.41) is 3.38. The third kappa shape index (κ3) is 2.90. The number of anilines is 1. The normalized spacial score (nSPS) is 10.8.